The van der Waals surface area contributed by atoms with Gasteiger partial charge in [-0.1, -0.05) is 0 Å². The summed E-state index contributed by atoms with van der Waals surface area (Å²) in [6, 6.07) is 2.14. The van der Waals surface area contributed by atoms with Gasteiger partial charge in [-0.15, -0.1) is 11.3 Å². The van der Waals surface area contributed by atoms with Crippen LogP contribution in [0.3, 0.4) is 0 Å². The molecule has 1 amide bonds. The van der Waals surface area contributed by atoms with E-state index in [9.17, 15) is 18.0 Å². The number of fused-ring (bicyclic) bond motifs is 1. The predicted molar refractivity (Wildman–Crippen MR) is 99.2 cm³/mol. The summed E-state index contributed by atoms with van der Waals surface area (Å²) in [5.41, 5.74) is 4.17. The van der Waals surface area contributed by atoms with Crippen LogP contribution in [0.15, 0.2) is 17.8 Å². The summed E-state index contributed by atoms with van der Waals surface area (Å²) >= 11 is 1.70. The van der Waals surface area contributed by atoms with E-state index in [1.165, 1.54) is 10.6 Å². The maximum atomic E-state index is 12.1. The van der Waals surface area contributed by atoms with Crippen LogP contribution in [0.4, 0.5) is 13.2 Å². The van der Waals surface area contributed by atoms with Crippen LogP contribution in [0, 0.1) is 6.92 Å². The molecule has 2 aromatic rings. The fourth-order valence-electron chi connectivity index (χ4n) is 2.80. The molecule has 0 aromatic carbocycles. The average Bonchev–Trinajstić information content (AvgIpc) is 3.24. The van der Waals surface area contributed by atoms with Gasteiger partial charge in [0.05, 0.1) is 29.4 Å². The van der Waals surface area contributed by atoms with Crippen molar-refractivity contribution in [1.82, 2.24) is 24.6 Å². The van der Waals surface area contributed by atoms with Crippen molar-refractivity contribution >= 4 is 23.2 Å². The van der Waals surface area contributed by atoms with Gasteiger partial charge in [0, 0.05) is 44.8 Å². The average molecular weight is 433 g/mol. The maximum absolute atomic E-state index is 12.1. The summed E-state index contributed by atoms with van der Waals surface area (Å²) in [7, 11) is 3.60. The third kappa shape index (κ3) is 6.26. The van der Waals surface area contributed by atoms with Gasteiger partial charge in [0.1, 0.15) is 0 Å². The topological polar surface area (TPSA) is 91.6 Å². The molecule has 1 atom stereocenters. The number of rotatable bonds is 4. The Bertz CT molecular complexity index is 849. The van der Waals surface area contributed by atoms with E-state index in [4.69, 9.17) is 9.90 Å². The summed E-state index contributed by atoms with van der Waals surface area (Å²) in [4.78, 5) is 30.6. The summed E-state index contributed by atoms with van der Waals surface area (Å²) in [5, 5.41) is 11.5. The van der Waals surface area contributed by atoms with E-state index in [0.717, 1.165) is 25.3 Å². The van der Waals surface area contributed by atoms with Crippen molar-refractivity contribution in [3.63, 3.8) is 0 Å². The molecule has 0 fully saturated rings. The van der Waals surface area contributed by atoms with Gasteiger partial charge in [-0.05, 0) is 13.0 Å². The third-order valence-electron chi connectivity index (χ3n) is 4.32. The number of aryl methyl sites for hydroxylation is 1. The zero-order valence-electron chi connectivity index (χ0n) is 16.2. The lowest BCUT2D eigenvalue weighted by atomic mass is 10.1. The molecule has 12 heteroatoms. The summed E-state index contributed by atoms with van der Waals surface area (Å²) in [6.07, 6.45) is -2.77. The van der Waals surface area contributed by atoms with Crippen molar-refractivity contribution in [2.75, 3.05) is 20.6 Å². The van der Waals surface area contributed by atoms with E-state index in [1.807, 2.05) is 29.4 Å². The monoisotopic (exact) mass is 433 g/mol. The van der Waals surface area contributed by atoms with E-state index in [2.05, 4.69) is 15.0 Å². The van der Waals surface area contributed by atoms with Crippen LogP contribution in [0.5, 0.6) is 0 Å². The molecular formula is C17H22F3N5O3S. The van der Waals surface area contributed by atoms with Gasteiger partial charge in [-0.2, -0.15) is 18.3 Å². The van der Waals surface area contributed by atoms with Gasteiger partial charge in [0.15, 0.2) is 0 Å². The fourth-order valence-corrected chi connectivity index (χ4v) is 3.62. The number of carbonyl (C=O) groups excluding carboxylic acids is 1. The number of hydrogen-bond donors (Lipinski definition) is 1. The van der Waals surface area contributed by atoms with Crippen LogP contribution in [0.1, 0.15) is 28.7 Å². The highest BCUT2D eigenvalue weighted by Crippen LogP contribution is 2.26. The van der Waals surface area contributed by atoms with Gasteiger partial charge >= 0.3 is 12.1 Å². The maximum Gasteiger partial charge on any atom is 0.490 e. The van der Waals surface area contributed by atoms with Crippen LogP contribution >= 0.6 is 11.3 Å². The SMILES string of the molecule is Cc1ncsc1CN1Cc2ccnn2C(CC(=O)N(C)C)C1.O=C(O)C(F)(F)F. The van der Waals surface area contributed by atoms with Crippen molar-refractivity contribution in [2.24, 2.45) is 0 Å². The fraction of sp³-hybridized carbons (Fsp3) is 0.529. The minimum atomic E-state index is -5.08. The Labute approximate surface area is 169 Å². The normalized spacial score (nSPS) is 16.6. The minimum absolute atomic E-state index is 0.0990. The first-order chi connectivity index (χ1) is 13.5. The number of nitrogens with zero attached hydrogens (tertiary/aromatic N) is 5. The van der Waals surface area contributed by atoms with E-state index in [0.29, 0.717) is 6.42 Å². The molecule has 1 N–H and O–H groups in total. The molecule has 0 radical (unpaired) electrons. The van der Waals surface area contributed by atoms with Gasteiger partial charge in [-0.25, -0.2) is 9.78 Å². The molecule has 0 aliphatic carbocycles. The summed E-state index contributed by atoms with van der Waals surface area (Å²) in [5.74, 6) is -2.62. The molecule has 29 heavy (non-hydrogen) atoms. The number of hydrogen-bond acceptors (Lipinski definition) is 6. The van der Waals surface area contributed by atoms with Crippen molar-refractivity contribution in [2.45, 2.75) is 38.7 Å². The first-order valence-electron chi connectivity index (χ1n) is 8.63. The summed E-state index contributed by atoms with van der Waals surface area (Å²) < 4.78 is 33.7. The van der Waals surface area contributed by atoms with Gasteiger partial charge in [-0.3, -0.25) is 14.4 Å². The van der Waals surface area contributed by atoms with Crippen LogP contribution in [-0.2, 0) is 22.7 Å². The lowest BCUT2D eigenvalue weighted by molar-refractivity contribution is -0.192. The van der Waals surface area contributed by atoms with Crippen molar-refractivity contribution in [1.29, 1.82) is 0 Å². The van der Waals surface area contributed by atoms with E-state index >= 15 is 0 Å². The number of aromatic nitrogens is 3. The van der Waals surface area contributed by atoms with E-state index in [-0.39, 0.29) is 11.9 Å². The Morgan fingerprint density at radius 1 is 1.38 bits per heavy atom. The number of carboxylic acid groups (broad SMARTS) is 1. The Morgan fingerprint density at radius 3 is 2.55 bits per heavy atom. The van der Waals surface area contributed by atoms with Gasteiger partial charge in [0.25, 0.3) is 0 Å². The molecule has 3 heterocycles. The molecule has 0 saturated carbocycles. The largest absolute Gasteiger partial charge is 0.490 e. The minimum Gasteiger partial charge on any atom is -0.475 e. The van der Waals surface area contributed by atoms with Crippen LogP contribution in [0.2, 0.25) is 0 Å². The number of halogens is 3. The predicted octanol–water partition coefficient (Wildman–Crippen LogP) is 2.32. The van der Waals surface area contributed by atoms with Crippen LogP contribution < -0.4 is 0 Å². The summed E-state index contributed by atoms with van der Waals surface area (Å²) in [6.45, 7) is 4.64. The second kappa shape index (κ2) is 9.35. The lowest BCUT2D eigenvalue weighted by Crippen LogP contribution is -2.39. The Kier molecular flexibility index (Phi) is 7.36. The third-order valence-corrected chi connectivity index (χ3v) is 5.24. The Hall–Kier alpha value is -2.47. The number of amides is 1. The standard InChI is InChI=1S/C15H21N5OS.C2HF3O2/c1-11-14(22-10-16-11)9-19-7-12-4-5-17-20(12)13(8-19)6-15(21)18(2)3;3-2(4,5)1(6)7/h4-5,10,13H,6-9H2,1-3H3;(H,6,7). The zero-order chi connectivity index (χ0) is 21.8. The van der Waals surface area contributed by atoms with E-state index < -0.39 is 12.1 Å². The second-order valence-corrected chi connectivity index (χ2v) is 7.69. The van der Waals surface area contributed by atoms with Gasteiger partial charge in [0.2, 0.25) is 5.91 Å². The highest BCUT2D eigenvalue weighted by Gasteiger charge is 2.38. The number of thiazole rings is 1. The van der Waals surface area contributed by atoms with Crippen molar-refractivity contribution < 1.29 is 27.9 Å². The molecule has 3 rings (SSSR count). The molecule has 8 nitrogen and oxygen atoms in total. The highest BCUT2D eigenvalue weighted by molar-refractivity contribution is 7.09. The second-order valence-electron chi connectivity index (χ2n) is 6.75. The molecule has 0 bridgehead atoms. The molecular weight excluding hydrogens is 411 g/mol. The number of carboxylic acids is 1. The van der Waals surface area contributed by atoms with E-state index in [1.54, 1.807) is 30.3 Å². The first-order valence-corrected chi connectivity index (χ1v) is 9.51. The number of alkyl halides is 3. The van der Waals surface area contributed by atoms with Gasteiger partial charge < -0.3 is 10.0 Å². The molecule has 2 aromatic heterocycles. The molecule has 0 saturated heterocycles. The number of carbonyl (C=O) groups is 2. The Morgan fingerprint density at radius 2 is 2.03 bits per heavy atom. The lowest BCUT2D eigenvalue weighted by Gasteiger charge is -2.33. The first kappa shape index (κ1) is 22.8. The highest BCUT2D eigenvalue weighted by atomic mass is 32.1. The zero-order valence-corrected chi connectivity index (χ0v) is 17.0. The van der Waals surface area contributed by atoms with Crippen LogP contribution in [0.25, 0.3) is 0 Å². The number of aliphatic carboxylic acids is 1. The molecule has 1 aliphatic rings. The van der Waals surface area contributed by atoms with Crippen LogP contribution in [-0.4, -0.2) is 68.4 Å². The van der Waals surface area contributed by atoms with Crippen molar-refractivity contribution in [3.8, 4) is 0 Å². The molecule has 0 spiro atoms. The Balaban J connectivity index is 0.000000370. The smallest absolute Gasteiger partial charge is 0.475 e. The molecule has 160 valence electrons. The quantitative estimate of drug-likeness (QED) is 0.796. The molecule has 1 aliphatic heterocycles. The molecule has 1 unspecified atom stereocenters. The van der Waals surface area contributed by atoms with Crippen molar-refractivity contribution in [3.05, 3.63) is 34.0 Å².